The molecule has 0 saturated carbocycles. The molecule has 0 bridgehead atoms. The van der Waals surface area contributed by atoms with Gasteiger partial charge in [-0.05, 0) is 31.0 Å². The Bertz CT molecular complexity index is 1680. The second kappa shape index (κ2) is 9.89. The Morgan fingerprint density at radius 1 is 1.00 bits per heavy atom. The first kappa shape index (κ1) is 24.1. The highest BCUT2D eigenvalue weighted by atomic mass is 16.3. The number of hydrogen-bond acceptors (Lipinski definition) is 10. The lowest BCUT2D eigenvalue weighted by Gasteiger charge is -2.32. The standard InChI is InChI=1S/C27H23N9O3/c28-24-20(15-37)22(16-5-10-35(11-6-16)27(39)23-26(38)31-9-8-30-23)34-25-19(14-33-36(24)25)17-3-4-21(32-13-17)18-2-1-7-29-12-18/h1-4,7-9,12-16H,5-6,10-11,28H2,(H,31,38). The zero-order chi connectivity index (χ0) is 26.9. The third kappa shape index (κ3) is 4.31. The van der Waals surface area contributed by atoms with Gasteiger partial charge in [-0.2, -0.15) is 9.61 Å². The largest absolute Gasteiger partial charge is 0.492 e. The van der Waals surface area contributed by atoms with Crippen LogP contribution < -0.4 is 5.73 Å². The SMILES string of the molecule is Nc1c(C=O)c(C2CCN(C(=O)c3nccnc3O)CC2)nc2c(-c3ccc(-c4cccnc4)nc3)cnn12. The second-order valence-electron chi connectivity index (χ2n) is 9.18. The Kier molecular flexibility index (Phi) is 6.11. The molecule has 0 aromatic carbocycles. The van der Waals surface area contributed by atoms with Gasteiger partial charge in [-0.15, -0.1) is 0 Å². The van der Waals surface area contributed by atoms with Crippen molar-refractivity contribution in [2.75, 3.05) is 18.8 Å². The van der Waals surface area contributed by atoms with Crippen LogP contribution in [0.5, 0.6) is 5.88 Å². The van der Waals surface area contributed by atoms with E-state index in [1.165, 1.54) is 16.9 Å². The molecule has 1 amide bonds. The fourth-order valence-electron chi connectivity index (χ4n) is 4.91. The molecule has 1 fully saturated rings. The molecule has 39 heavy (non-hydrogen) atoms. The van der Waals surface area contributed by atoms with Gasteiger partial charge in [-0.1, -0.05) is 6.07 Å². The van der Waals surface area contributed by atoms with Gasteiger partial charge < -0.3 is 15.7 Å². The topological polar surface area (TPSA) is 165 Å². The molecule has 6 rings (SSSR count). The lowest BCUT2D eigenvalue weighted by atomic mass is 9.90. The minimum Gasteiger partial charge on any atom is -0.492 e. The summed E-state index contributed by atoms with van der Waals surface area (Å²) in [6, 6.07) is 7.63. The number of aromatic nitrogens is 7. The summed E-state index contributed by atoms with van der Waals surface area (Å²) in [6.07, 6.45) is 11.4. The number of nitrogens with zero attached hydrogens (tertiary/aromatic N) is 8. The number of piperidine rings is 1. The number of anilines is 1. The number of nitrogens with two attached hydrogens (primary N) is 1. The van der Waals surface area contributed by atoms with Crippen LogP contribution in [0, 0.1) is 0 Å². The highest BCUT2D eigenvalue weighted by Crippen LogP contribution is 2.34. The fourth-order valence-corrected chi connectivity index (χ4v) is 4.91. The molecule has 0 aliphatic carbocycles. The zero-order valence-corrected chi connectivity index (χ0v) is 20.7. The zero-order valence-electron chi connectivity index (χ0n) is 20.7. The molecule has 6 heterocycles. The van der Waals surface area contributed by atoms with Crippen LogP contribution >= 0.6 is 0 Å². The highest BCUT2D eigenvalue weighted by Gasteiger charge is 2.30. The minimum atomic E-state index is -0.399. The van der Waals surface area contributed by atoms with Crippen molar-refractivity contribution in [3.63, 3.8) is 0 Å². The van der Waals surface area contributed by atoms with Crippen LogP contribution in [0.3, 0.4) is 0 Å². The van der Waals surface area contributed by atoms with Crippen molar-refractivity contribution in [3.8, 4) is 28.3 Å². The molecule has 5 aromatic rings. The van der Waals surface area contributed by atoms with Gasteiger partial charge in [0.2, 0.25) is 5.88 Å². The van der Waals surface area contributed by atoms with Gasteiger partial charge in [-0.25, -0.2) is 15.0 Å². The predicted molar refractivity (Wildman–Crippen MR) is 141 cm³/mol. The van der Waals surface area contributed by atoms with Crippen molar-refractivity contribution < 1.29 is 14.7 Å². The molecular weight excluding hydrogens is 498 g/mol. The Balaban J connectivity index is 1.30. The lowest BCUT2D eigenvalue weighted by molar-refractivity contribution is 0.0701. The van der Waals surface area contributed by atoms with Gasteiger partial charge in [-0.3, -0.25) is 19.6 Å². The van der Waals surface area contributed by atoms with Crippen LogP contribution in [0.1, 0.15) is 45.3 Å². The van der Waals surface area contributed by atoms with Crippen LogP contribution in [0.2, 0.25) is 0 Å². The summed E-state index contributed by atoms with van der Waals surface area (Å²) in [5, 5.41) is 14.3. The molecule has 0 spiro atoms. The number of hydrogen-bond donors (Lipinski definition) is 2. The molecule has 0 unspecified atom stereocenters. The minimum absolute atomic E-state index is 0.0830. The van der Waals surface area contributed by atoms with Gasteiger partial charge in [0.25, 0.3) is 5.91 Å². The first-order valence-electron chi connectivity index (χ1n) is 12.3. The number of amides is 1. The van der Waals surface area contributed by atoms with Gasteiger partial charge >= 0.3 is 0 Å². The summed E-state index contributed by atoms with van der Waals surface area (Å²) in [7, 11) is 0. The number of carbonyl (C=O) groups excluding carboxylic acids is 2. The number of fused-ring (bicyclic) bond motifs is 1. The molecule has 194 valence electrons. The predicted octanol–water partition coefficient (Wildman–Crippen LogP) is 2.76. The van der Waals surface area contributed by atoms with Gasteiger partial charge in [0.15, 0.2) is 17.6 Å². The van der Waals surface area contributed by atoms with E-state index in [2.05, 4.69) is 25.0 Å². The summed E-state index contributed by atoms with van der Waals surface area (Å²) in [5.74, 6) is -0.688. The number of aldehydes is 1. The van der Waals surface area contributed by atoms with Crippen LogP contribution in [0.4, 0.5) is 5.82 Å². The average Bonchev–Trinajstić information content (AvgIpc) is 3.42. The lowest BCUT2D eigenvalue weighted by Crippen LogP contribution is -2.38. The molecule has 12 heteroatoms. The van der Waals surface area contributed by atoms with E-state index in [1.54, 1.807) is 29.7 Å². The van der Waals surface area contributed by atoms with Crippen LogP contribution in [0.25, 0.3) is 28.0 Å². The van der Waals surface area contributed by atoms with Crippen molar-refractivity contribution in [2.24, 2.45) is 0 Å². The Hall–Kier alpha value is -5.26. The monoisotopic (exact) mass is 521 g/mol. The van der Waals surface area contributed by atoms with Crippen LogP contribution in [-0.2, 0) is 0 Å². The van der Waals surface area contributed by atoms with E-state index >= 15 is 0 Å². The molecule has 1 saturated heterocycles. The molecule has 12 nitrogen and oxygen atoms in total. The number of pyridine rings is 2. The van der Waals surface area contributed by atoms with E-state index in [9.17, 15) is 14.7 Å². The first-order chi connectivity index (χ1) is 19.0. The fraction of sp³-hybridized carbons (Fsp3) is 0.185. The maximum atomic E-state index is 12.8. The van der Waals surface area contributed by atoms with E-state index < -0.39 is 11.8 Å². The van der Waals surface area contributed by atoms with E-state index in [-0.39, 0.29) is 17.4 Å². The molecule has 5 aromatic heterocycles. The summed E-state index contributed by atoms with van der Waals surface area (Å²) in [6.45, 7) is 0.798. The number of nitrogen functional groups attached to an aromatic ring is 1. The number of rotatable bonds is 5. The summed E-state index contributed by atoms with van der Waals surface area (Å²) in [5.41, 5.74) is 10.9. The third-order valence-electron chi connectivity index (χ3n) is 6.95. The Morgan fingerprint density at radius 3 is 2.51 bits per heavy atom. The van der Waals surface area contributed by atoms with Crippen molar-refractivity contribution in [1.29, 1.82) is 0 Å². The maximum Gasteiger partial charge on any atom is 0.278 e. The summed E-state index contributed by atoms with van der Waals surface area (Å²) in [4.78, 5) is 47.9. The Morgan fingerprint density at radius 2 is 1.82 bits per heavy atom. The molecule has 0 radical (unpaired) electrons. The second-order valence-corrected chi connectivity index (χ2v) is 9.18. The molecule has 1 aliphatic rings. The maximum absolute atomic E-state index is 12.8. The normalized spacial score (nSPS) is 14.0. The number of aromatic hydroxyl groups is 1. The molecule has 3 N–H and O–H groups in total. The first-order valence-corrected chi connectivity index (χ1v) is 12.3. The van der Waals surface area contributed by atoms with Gasteiger partial charge in [0.1, 0.15) is 5.82 Å². The van der Waals surface area contributed by atoms with Crippen molar-refractivity contribution in [2.45, 2.75) is 18.8 Å². The van der Waals surface area contributed by atoms with E-state index in [1.807, 2.05) is 24.3 Å². The summed E-state index contributed by atoms with van der Waals surface area (Å²) >= 11 is 0. The van der Waals surface area contributed by atoms with Gasteiger partial charge in [0.05, 0.1) is 23.1 Å². The molecule has 0 atom stereocenters. The van der Waals surface area contributed by atoms with Crippen molar-refractivity contribution in [1.82, 2.24) is 39.4 Å². The van der Waals surface area contributed by atoms with Gasteiger partial charge in [0, 0.05) is 66.7 Å². The third-order valence-corrected chi connectivity index (χ3v) is 6.95. The van der Waals surface area contributed by atoms with E-state index in [4.69, 9.17) is 10.7 Å². The summed E-state index contributed by atoms with van der Waals surface area (Å²) < 4.78 is 1.47. The average molecular weight is 522 g/mol. The number of likely N-dealkylation sites (tertiary alicyclic amines) is 1. The van der Waals surface area contributed by atoms with Crippen molar-refractivity contribution in [3.05, 3.63) is 78.4 Å². The van der Waals surface area contributed by atoms with E-state index in [0.29, 0.717) is 49.1 Å². The smallest absolute Gasteiger partial charge is 0.278 e. The van der Waals surface area contributed by atoms with Crippen LogP contribution in [0.15, 0.2) is 61.4 Å². The quantitative estimate of drug-likeness (QED) is 0.328. The molecule has 1 aliphatic heterocycles. The Labute approximate surface area is 222 Å². The van der Waals surface area contributed by atoms with E-state index in [0.717, 1.165) is 22.4 Å². The van der Waals surface area contributed by atoms with Crippen molar-refractivity contribution >= 4 is 23.7 Å². The molecular formula is C27H23N9O3. The highest BCUT2D eigenvalue weighted by molar-refractivity contribution is 5.94. The number of carbonyl (C=O) groups is 2. The van der Waals surface area contributed by atoms with Crippen LogP contribution in [-0.4, -0.2) is 69.8 Å².